The number of amides is 1. The SMILES string of the molecule is C/C=C(/C)[C@H](O)CC(=O)N1C(=S)SC[C@@H]1C(C)C. The highest BCUT2D eigenvalue weighted by molar-refractivity contribution is 8.23. The molecule has 3 nitrogen and oxygen atoms in total. The van der Waals surface area contributed by atoms with E-state index in [1.807, 2.05) is 19.9 Å². The lowest BCUT2D eigenvalue weighted by Gasteiger charge is -2.27. The van der Waals surface area contributed by atoms with Crippen LogP contribution in [-0.2, 0) is 4.79 Å². The molecule has 0 aliphatic carbocycles. The van der Waals surface area contributed by atoms with Crippen molar-refractivity contribution in [2.45, 2.75) is 46.3 Å². The lowest BCUT2D eigenvalue weighted by Crippen LogP contribution is -2.42. The number of thiocarbonyl (C=S) groups is 1. The van der Waals surface area contributed by atoms with Gasteiger partial charge in [0.15, 0.2) is 0 Å². The highest BCUT2D eigenvalue weighted by Crippen LogP contribution is 2.29. The lowest BCUT2D eigenvalue weighted by atomic mass is 10.0. The molecule has 1 aliphatic heterocycles. The van der Waals surface area contributed by atoms with Gasteiger partial charge in [0, 0.05) is 11.8 Å². The van der Waals surface area contributed by atoms with Crippen LogP contribution in [0, 0.1) is 5.92 Å². The molecule has 0 radical (unpaired) electrons. The third-order valence-corrected chi connectivity index (χ3v) is 4.80. The largest absolute Gasteiger partial charge is 0.388 e. The normalized spacial score (nSPS) is 22.8. The quantitative estimate of drug-likeness (QED) is 0.637. The molecule has 18 heavy (non-hydrogen) atoms. The first kappa shape index (κ1) is 15.7. The first-order valence-electron chi connectivity index (χ1n) is 6.18. The third-order valence-electron chi connectivity index (χ3n) is 3.29. The van der Waals surface area contributed by atoms with E-state index in [2.05, 4.69) is 13.8 Å². The van der Waals surface area contributed by atoms with Crippen LogP contribution in [0.15, 0.2) is 11.6 Å². The first-order chi connectivity index (χ1) is 8.38. The Hall–Kier alpha value is -0.390. The van der Waals surface area contributed by atoms with Crippen LogP contribution in [-0.4, -0.2) is 38.1 Å². The van der Waals surface area contributed by atoms with Crippen molar-refractivity contribution >= 4 is 34.2 Å². The molecule has 1 saturated heterocycles. The highest BCUT2D eigenvalue weighted by Gasteiger charge is 2.36. The molecule has 1 rings (SSSR count). The highest BCUT2D eigenvalue weighted by atomic mass is 32.2. The van der Waals surface area contributed by atoms with Crippen LogP contribution in [0.5, 0.6) is 0 Å². The van der Waals surface area contributed by atoms with Gasteiger partial charge in [-0.3, -0.25) is 9.69 Å². The van der Waals surface area contributed by atoms with Crippen LogP contribution in [0.4, 0.5) is 0 Å². The molecule has 0 aromatic heterocycles. The number of thioether (sulfide) groups is 1. The van der Waals surface area contributed by atoms with Crippen molar-refractivity contribution in [2.75, 3.05) is 5.75 Å². The fraction of sp³-hybridized carbons (Fsp3) is 0.692. The number of hydrogen-bond acceptors (Lipinski definition) is 4. The Balaban J connectivity index is 2.73. The summed E-state index contributed by atoms with van der Waals surface area (Å²) in [7, 11) is 0. The molecule has 102 valence electrons. The number of nitrogens with zero attached hydrogens (tertiary/aromatic N) is 1. The van der Waals surface area contributed by atoms with Gasteiger partial charge in [0.25, 0.3) is 0 Å². The van der Waals surface area contributed by atoms with Gasteiger partial charge in [-0.25, -0.2) is 0 Å². The lowest BCUT2D eigenvalue weighted by molar-refractivity contribution is -0.130. The van der Waals surface area contributed by atoms with Gasteiger partial charge in [-0.15, -0.1) is 0 Å². The summed E-state index contributed by atoms with van der Waals surface area (Å²) in [5, 5.41) is 9.89. The second kappa shape index (κ2) is 6.68. The zero-order valence-electron chi connectivity index (χ0n) is 11.3. The molecule has 1 amide bonds. The summed E-state index contributed by atoms with van der Waals surface area (Å²) in [6.07, 6.45) is 1.23. The molecular formula is C13H21NO2S2. The van der Waals surface area contributed by atoms with E-state index in [4.69, 9.17) is 12.2 Å². The number of carbonyl (C=O) groups is 1. The van der Waals surface area contributed by atoms with Crippen molar-refractivity contribution in [2.24, 2.45) is 5.92 Å². The summed E-state index contributed by atoms with van der Waals surface area (Å²) in [6.45, 7) is 7.87. The predicted molar refractivity (Wildman–Crippen MR) is 80.6 cm³/mol. The molecular weight excluding hydrogens is 266 g/mol. The van der Waals surface area contributed by atoms with Crippen molar-refractivity contribution < 1.29 is 9.90 Å². The standard InChI is InChI=1S/C13H21NO2S2/c1-5-9(4)11(15)6-12(16)14-10(8(2)3)7-18-13(14)17/h5,8,10-11,15H,6-7H2,1-4H3/b9-5-/t10-,11-/m1/s1. The maximum absolute atomic E-state index is 12.2. The average Bonchev–Trinajstić information content (AvgIpc) is 2.69. The van der Waals surface area contributed by atoms with Gasteiger partial charge < -0.3 is 5.11 Å². The number of hydrogen-bond donors (Lipinski definition) is 1. The van der Waals surface area contributed by atoms with E-state index in [0.717, 1.165) is 11.3 Å². The first-order valence-corrected chi connectivity index (χ1v) is 7.57. The Morgan fingerprint density at radius 1 is 1.67 bits per heavy atom. The summed E-state index contributed by atoms with van der Waals surface area (Å²) in [5.74, 6) is 1.17. The average molecular weight is 287 g/mol. The van der Waals surface area contributed by atoms with Crippen molar-refractivity contribution in [1.29, 1.82) is 0 Å². The predicted octanol–water partition coefficient (Wildman–Crippen LogP) is 2.59. The van der Waals surface area contributed by atoms with E-state index < -0.39 is 6.10 Å². The fourth-order valence-electron chi connectivity index (χ4n) is 1.83. The maximum Gasteiger partial charge on any atom is 0.231 e. The van der Waals surface area contributed by atoms with Crippen LogP contribution in [0.25, 0.3) is 0 Å². The molecule has 0 saturated carbocycles. The zero-order chi connectivity index (χ0) is 13.9. The summed E-state index contributed by atoms with van der Waals surface area (Å²) in [4.78, 5) is 13.9. The second-order valence-electron chi connectivity index (χ2n) is 4.90. The van der Waals surface area contributed by atoms with Gasteiger partial charge in [-0.2, -0.15) is 0 Å². The molecule has 1 N–H and O–H groups in total. The molecule has 0 aromatic rings. The zero-order valence-corrected chi connectivity index (χ0v) is 13.0. The second-order valence-corrected chi connectivity index (χ2v) is 6.56. The number of aliphatic hydroxyl groups is 1. The van der Waals surface area contributed by atoms with E-state index in [1.54, 1.807) is 16.7 Å². The maximum atomic E-state index is 12.2. The van der Waals surface area contributed by atoms with Gasteiger partial charge in [0.1, 0.15) is 4.32 Å². The minimum Gasteiger partial charge on any atom is -0.388 e. The van der Waals surface area contributed by atoms with Crippen molar-refractivity contribution in [3.05, 3.63) is 11.6 Å². The number of rotatable bonds is 4. The van der Waals surface area contributed by atoms with E-state index in [1.165, 1.54) is 0 Å². The van der Waals surface area contributed by atoms with Gasteiger partial charge in [0.2, 0.25) is 5.91 Å². The molecule has 1 heterocycles. The topological polar surface area (TPSA) is 40.5 Å². The Bertz CT molecular complexity index is 366. The smallest absolute Gasteiger partial charge is 0.231 e. The van der Waals surface area contributed by atoms with Crippen LogP contribution < -0.4 is 0 Å². The molecule has 1 aliphatic rings. The van der Waals surface area contributed by atoms with Crippen molar-refractivity contribution in [3.63, 3.8) is 0 Å². The van der Waals surface area contributed by atoms with E-state index >= 15 is 0 Å². The minimum absolute atomic E-state index is 0.0719. The number of carbonyl (C=O) groups excluding carboxylic acids is 1. The third kappa shape index (κ3) is 3.56. The van der Waals surface area contributed by atoms with Gasteiger partial charge in [-0.1, -0.05) is 43.9 Å². The Morgan fingerprint density at radius 2 is 2.28 bits per heavy atom. The van der Waals surface area contributed by atoms with Crippen LogP contribution in [0.2, 0.25) is 0 Å². The Labute approximate surface area is 119 Å². The van der Waals surface area contributed by atoms with Gasteiger partial charge >= 0.3 is 0 Å². The fourth-order valence-corrected chi connectivity index (χ4v) is 3.50. The summed E-state index contributed by atoms with van der Waals surface area (Å²) < 4.78 is 0.643. The molecule has 0 bridgehead atoms. The van der Waals surface area contributed by atoms with E-state index in [-0.39, 0.29) is 18.4 Å². The van der Waals surface area contributed by atoms with Crippen molar-refractivity contribution in [1.82, 2.24) is 4.90 Å². The van der Waals surface area contributed by atoms with Gasteiger partial charge in [0.05, 0.1) is 12.5 Å². The van der Waals surface area contributed by atoms with Crippen LogP contribution in [0.3, 0.4) is 0 Å². The summed E-state index contributed by atoms with van der Waals surface area (Å²) in [6, 6.07) is 0.160. The molecule has 1 fully saturated rings. The van der Waals surface area contributed by atoms with E-state index in [9.17, 15) is 9.90 Å². The minimum atomic E-state index is -0.705. The van der Waals surface area contributed by atoms with Crippen LogP contribution >= 0.6 is 24.0 Å². The Morgan fingerprint density at radius 3 is 2.78 bits per heavy atom. The number of allylic oxidation sites excluding steroid dienone is 1. The summed E-state index contributed by atoms with van der Waals surface area (Å²) >= 11 is 6.78. The molecule has 5 heteroatoms. The van der Waals surface area contributed by atoms with Crippen LogP contribution in [0.1, 0.15) is 34.1 Å². The van der Waals surface area contributed by atoms with Gasteiger partial charge in [-0.05, 0) is 25.3 Å². The molecule has 0 spiro atoms. The van der Waals surface area contributed by atoms with Crippen molar-refractivity contribution in [3.8, 4) is 0 Å². The molecule has 0 aromatic carbocycles. The number of aliphatic hydroxyl groups excluding tert-OH is 1. The summed E-state index contributed by atoms with van der Waals surface area (Å²) in [5.41, 5.74) is 0.821. The molecule has 0 unspecified atom stereocenters. The Kier molecular flexibility index (Phi) is 5.82. The van der Waals surface area contributed by atoms with E-state index in [0.29, 0.717) is 10.2 Å². The molecule has 2 atom stereocenters. The monoisotopic (exact) mass is 287 g/mol.